The molecule has 0 aliphatic heterocycles. The van der Waals surface area contributed by atoms with E-state index in [1.54, 1.807) is 6.07 Å². The molecule has 1 aromatic rings. The lowest BCUT2D eigenvalue weighted by Crippen LogP contribution is -2.31. The van der Waals surface area contributed by atoms with Gasteiger partial charge in [0.15, 0.2) is 0 Å². The van der Waals surface area contributed by atoms with Crippen molar-refractivity contribution >= 4 is 27.7 Å². The first-order chi connectivity index (χ1) is 9.19. The molecule has 1 aliphatic carbocycles. The molecule has 1 nitrogen and oxygen atoms in total. The second-order valence-corrected chi connectivity index (χ2v) is 7.41. The summed E-state index contributed by atoms with van der Waals surface area (Å²) < 4.78 is 14.6. The van der Waals surface area contributed by atoms with Gasteiger partial charge in [-0.2, -0.15) is 11.8 Å². The van der Waals surface area contributed by atoms with Gasteiger partial charge in [0, 0.05) is 21.5 Å². The van der Waals surface area contributed by atoms with E-state index in [0.29, 0.717) is 6.04 Å². The van der Waals surface area contributed by atoms with E-state index in [9.17, 15) is 4.39 Å². The average molecular weight is 346 g/mol. The zero-order valence-corrected chi connectivity index (χ0v) is 13.7. The highest BCUT2D eigenvalue weighted by Crippen LogP contribution is 2.30. The van der Waals surface area contributed by atoms with E-state index in [2.05, 4.69) is 33.0 Å². The van der Waals surface area contributed by atoms with Crippen LogP contribution in [0.15, 0.2) is 22.7 Å². The van der Waals surface area contributed by atoms with Gasteiger partial charge in [-0.15, -0.1) is 0 Å². The molecular formula is C15H21BrFNS. The molecule has 0 heterocycles. The third kappa shape index (κ3) is 4.76. The molecule has 1 aliphatic rings. The van der Waals surface area contributed by atoms with Crippen molar-refractivity contribution in [2.45, 2.75) is 43.4 Å². The van der Waals surface area contributed by atoms with Gasteiger partial charge in [0.25, 0.3) is 0 Å². The Kier molecular flexibility index (Phi) is 6.17. The highest BCUT2D eigenvalue weighted by atomic mass is 79.9. The molecule has 19 heavy (non-hydrogen) atoms. The van der Waals surface area contributed by atoms with Crippen molar-refractivity contribution < 1.29 is 4.39 Å². The van der Waals surface area contributed by atoms with Crippen LogP contribution in [0.4, 0.5) is 4.39 Å². The third-order valence-electron chi connectivity index (χ3n) is 3.72. The summed E-state index contributed by atoms with van der Waals surface area (Å²) in [4.78, 5) is 0. The molecule has 1 unspecified atom stereocenters. The van der Waals surface area contributed by atoms with E-state index < -0.39 is 0 Å². The molecule has 0 saturated heterocycles. The largest absolute Gasteiger partial charge is 0.316 e. The summed E-state index contributed by atoms with van der Waals surface area (Å²) in [6.07, 6.45) is 6.23. The van der Waals surface area contributed by atoms with E-state index >= 15 is 0 Å². The first-order valence-corrected chi connectivity index (χ1v) is 8.76. The molecule has 0 aromatic heterocycles. The molecule has 0 amide bonds. The molecule has 0 bridgehead atoms. The Morgan fingerprint density at radius 1 is 1.42 bits per heavy atom. The van der Waals surface area contributed by atoms with Crippen LogP contribution in [0.5, 0.6) is 0 Å². The van der Waals surface area contributed by atoms with Gasteiger partial charge in [-0.25, -0.2) is 4.39 Å². The van der Waals surface area contributed by atoms with Crippen molar-refractivity contribution in [1.82, 2.24) is 5.32 Å². The van der Waals surface area contributed by atoms with E-state index in [0.717, 1.165) is 27.5 Å². The van der Waals surface area contributed by atoms with Crippen LogP contribution in [0, 0.1) is 5.82 Å². The van der Waals surface area contributed by atoms with Crippen LogP contribution in [0.3, 0.4) is 0 Å². The van der Waals surface area contributed by atoms with Gasteiger partial charge in [0.2, 0.25) is 0 Å². The number of thioether (sulfide) groups is 1. The van der Waals surface area contributed by atoms with Crippen LogP contribution >= 0.6 is 27.7 Å². The Bertz CT molecular complexity index is 407. The number of rotatable bonds is 6. The predicted octanol–water partition coefficient (Wildman–Crippen LogP) is 4.39. The Morgan fingerprint density at radius 3 is 2.79 bits per heavy atom. The molecule has 2 rings (SSSR count). The van der Waals surface area contributed by atoms with Crippen LogP contribution < -0.4 is 5.32 Å². The van der Waals surface area contributed by atoms with Gasteiger partial charge >= 0.3 is 0 Å². The second-order valence-electron chi connectivity index (χ2n) is 5.17. The van der Waals surface area contributed by atoms with Gasteiger partial charge in [0.05, 0.1) is 0 Å². The number of hydrogen-bond donors (Lipinski definition) is 1. The van der Waals surface area contributed by atoms with Crippen molar-refractivity contribution in [3.63, 3.8) is 0 Å². The Hall–Kier alpha value is -0.0600. The molecule has 0 spiro atoms. The van der Waals surface area contributed by atoms with Gasteiger partial charge in [-0.05, 0) is 44.0 Å². The first kappa shape index (κ1) is 15.3. The highest BCUT2D eigenvalue weighted by molar-refractivity contribution is 9.10. The summed E-state index contributed by atoms with van der Waals surface area (Å²) in [5.74, 6) is 0.955. The minimum Gasteiger partial charge on any atom is -0.316 e. The van der Waals surface area contributed by atoms with Gasteiger partial charge < -0.3 is 5.32 Å². The maximum Gasteiger partial charge on any atom is 0.127 e. The topological polar surface area (TPSA) is 12.0 Å². The molecule has 106 valence electrons. The van der Waals surface area contributed by atoms with Crippen LogP contribution in [-0.2, 0) is 6.42 Å². The Balaban J connectivity index is 1.86. The zero-order chi connectivity index (χ0) is 13.7. The maximum absolute atomic E-state index is 13.8. The number of halogens is 2. The molecule has 1 aromatic carbocycles. The number of likely N-dealkylation sites (N-methyl/N-ethyl adjacent to an activating group) is 1. The molecule has 1 saturated carbocycles. The molecule has 4 heteroatoms. The van der Waals surface area contributed by atoms with E-state index in [1.165, 1.54) is 25.7 Å². The van der Waals surface area contributed by atoms with Crippen LogP contribution in [-0.4, -0.2) is 24.1 Å². The van der Waals surface area contributed by atoms with Crippen molar-refractivity contribution in [1.29, 1.82) is 0 Å². The Morgan fingerprint density at radius 2 is 2.16 bits per heavy atom. The van der Waals surface area contributed by atoms with E-state index in [1.807, 2.05) is 19.2 Å². The maximum atomic E-state index is 13.8. The SMILES string of the molecule is CNC(CSC1CCCC1)Cc1ccc(Br)cc1F. The first-order valence-electron chi connectivity index (χ1n) is 6.92. The fraction of sp³-hybridized carbons (Fsp3) is 0.600. The van der Waals surface area contributed by atoms with E-state index in [-0.39, 0.29) is 5.82 Å². The summed E-state index contributed by atoms with van der Waals surface area (Å²) in [6, 6.07) is 5.69. The quantitative estimate of drug-likeness (QED) is 0.820. The minimum absolute atomic E-state index is 0.111. The Labute approximate surface area is 127 Å². The van der Waals surface area contributed by atoms with E-state index in [4.69, 9.17) is 0 Å². The molecule has 1 N–H and O–H groups in total. The molecule has 0 radical (unpaired) electrons. The monoisotopic (exact) mass is 345 g/mol. The van der Waals surface area contributed by atoms with Crippen LogP contribution in [0.25, 0.3) is 0 Å². The second kappa shape index (κ2) is 7.65. The molecular weight excluding hydrogens is 325 g/mol. The zero-order valence-electron chi connectivity index (χ0n) is 11.3. The molecule has 1 fully saturated rings. The summed E-state index contributed by atoms with van der Waals surface area (Å²) in [5, 5.41) is 4.14. The summed E-state index contributed by atoms with van der Waals surface area (Å²) >= 11 is 5.35. The van der Waals surface area contributed by atoms with Crippen LogP contribution in [0.2, 0.25) is 0 Å². The minimum atomic E-state index is -0.111. The molecule has 1 atom stereocenters. The van der Waals surface area contributed by atoms with Gasteiger partial charge in [-0.3, -0.25) is 0 Å². The number of nitrogens with one attached hydrogen (secondary N) is 1. The lowest BCUT2D eigenvalue weighted by molar-refractivity contribution is 0.567. The summed E-state index contributed by atoms with van der Waals surface area (Å²) in [5.41, 5.74) is 0.801. The predicted molar refractivity (Wildman–Crippen MR) is 85.4 cm³/mol. The average Bonchev–Trinajstić information content (AvgIpc) is 2.90. The number of hydrogen-bond acceptors (Lipinski definition) is 2. The van der Waals surface area contributed by atoms with Crippen molar-refractivity contribution in [3.05, 3.63) is 34.1 Å². The van der Waals surface area contributed by atoms with Gasteiger partial charge in [-0.1, -0.05) is 34.8 Å². The third-order valence-corrected chi connectivity index (χ3v) is 5.76. The smallest absolute Gasteiger partial charge is 0.127 e. The highest BCUT2D eigenvalue weighted by Gasteiger charge is 2.18. The van der Waals surface area contributed by atoms with Crippen molar-refractivity contribution in [3.8, 4) is 0 Å². The fourth-order valence-electron chi connectivity index (χ4n) is 2.50. The fourth-order valence-corrected chi connectivity index (χ4v) is 4.29. The number of benzene rings is 1. The lowest BCUT2D eigenvalue weighted by atomic mass is 10.1. The lowest BCUT2D eigenvalue weighted by Gasteiger charge is -2.18. The van der Waals surface area contributed by atoms with Gasteiger partial charge in [0.1, 0.15) is 5.82 Å². The summed E-state index contributed by atoms with van der Waals surface area (Å²) in [6.45, 7) is 0. The summed E-state index contributed by atoms with van der Waals surface area (Å²) in [7, 11) is 1.97. The van der Waals surface area contributed by atoms with Crippen molar-refractivity contribution in [2.24, 2.45) is 0 Å². The van der Waals surface area contributed by atoms with Crippen LogP contribution in [0.1, 0.15) is 31.2 Å². The standard InChI is InChI=1S/C15H21BrFNS/c1-18-13(10-19-14-4-2-3-5-14)8-11-6-7-12(16)9-15(11)17/h6-7,9,13-14,18H,2-5,8,10H2,1H3. The normalized spacial score (nSPS) is 17.8. The van der Waals surface area contributed by atoms with Crippen molar-refractivity contribution in [2.75, 3.05) is 12.8 Å².